The van der Waals surface area contributed by atoms with Gasteiger partial charge in [0.15, 0.2) is 0 Å². The summed E-state index contributed by atoms with van der Waals surface area (Å²) in [4.78, 5) is 2.36. The van der Waals surface area contributed by atoms with E-state index in [2.05, 4.69) is 170 Å². The SMILES string of the molecule is CC1(C)c2ccc(N(c3ccccc3)c3ccc(-c4cccc5c4oc4ccccc45)cc3)cc2-c2c(-c3ccccc3)cccc21. The van der Waals surface area contributed by atoms with E-state index < -0.39 is 0 Å². The standard InChI is InChI=1S/C45H33NO/c1-45(2)40-28-27-34(29-39(40)43-35(18-12-21-41(43)45)30-13-5-3-6-14-30)46(32-15-7-4-8-16-32)33-25-23-31(24-26-33)36-19-11-20-38-37-17-9-10-22-42(37)47-44(36)38/h3-29H,1-2H3. The molecule has 0 saturated carbocycles. The van der Waals surface area contributed by atoms with Gasteiger partial charge in [0, 0.05) is 38.8 Å². The van der Waals surface area contributed by atoms with Crippen molar-refractivity contribution in [1.82, 2.24) is 0 Å². The predicted molar refractivity (Wildman–Crippen MR) is 197 cm³/mol. The van der Waals surface area contributed by atoms with Crippen LogP contribution in [0.25, 0.3) is 55.3 Å². The summed E-state index contributed by atoms with van der Waals surface area (Å²) in [6.45, 7) is 4.70. The van der Waals surface area contributed by atoms with Crippen LogP contribution in [-0.2, 0) is 5.41 Å². The van der Waals surface area contributed by atoms with Crippen LogP contribution < -0.4 is 4.90 Å². The van der Waals surface area contributed by atoms with Gasteiger partial charge in [-0.05, 0) is 81.4 Å². The van der Waals surface area contributed by atoms with Crippen molar-refractivity contribution >= 4 is 39.0 Å². The normalized spacial score (nSPS) is 13.1. The first-order valence-corrected chi connectivity index (χ1v) is 16.3. The lowest BCUT2D eigenvalue weighted by molar-refractivity contribution is 0.660. The Morgan fingerprint density at radius 2 is 1.06 bits per heavy atom. The summed E-state index contributed by atoms with van der Waals surface area (Å²) in [5, 5.41) is 2.29. The van der Waals surface area contributed by atoms with Gasteiger partial charge in [-0.1, -0.05) is 135 Å². The number of nitrogens with zero attached hydrogens (tertiary/aromatic N) is 1. The molecule has 0 radical (unpaired) electrons. The van der Waals surface area contributed by atoms with Crippen molar-refractivity contribution < 1.29 is 4.42 Å². The molecular weight excluding hydrogens is 571 g/mol. The van der Waals surface area contributed by atoms with Gasteiger partial charge in [-0.2, -0.15) is 0 Å². The summed E-state index contributed by atoms with van der Waals surface area (Å²) in [6, 6.07) is 58.8. The molecule has 0 atom stereocenters. The van der Waals surface area contributed by atoms with E-state index in [0.29, 0.717) is 0 Å². The molecule has 2 heteroatoms. The minimum Gasteiger partial charge on any atom is -0.455 e. The molecule has 7 aromatic carbocycles. The first kappa shape index (κ1) is 27.5. The van der Waals surface area contributed by atoms with Crippen molar-refractivity contribution in [3.63, 3.8) is 0 Å². The lowest BCUT2D eigenvalue weighted by atomic mass is 9.82. The maximum Gasteiger partial charge on any atom is 0.143 e. The highest BCUT2D eigenvalue weighted by Crippen LogP contribution is 2.53. The van der Waals surface area contributed by atoms with Gasteiger partial charge in [-0.15, -0.1) is 0 Å². The second-order valence-electron chi connectivity index (χ2n) is 12.9. The maximum absolute atomic E-state index is 6.37. The molecule has 8 aromatic rings. The molecule has 0 fully saturated rings. The largest absolute Gasteiger partial charge is 0.455 e. The van der Waals surface area contributed by atoms with Crippen molar-refractivity contribution in [2.24, 2.45) is 0 Å². The van der Waals surface area contributed by atoms with Crippen LogP contribution in [0, 0.1) is 0 Å². The molecule has 0 amide bonds. The average molecular weight is 604 g/mol. The Labute approximate surface area is 275 Å². The van der Waals surface area contributed by atoms with E-state index in [1.165, 1.54) is 33.4 Å². The molecule has 1 aliphatic rings. The molecule has 0 spiro atoms. The number of para-hydroxylation sites is 3. The summed E-state index contributed by atoms with van der Waals surface area (Å²) < 4.78 is 6.37. The monoisotopic (exact) mass is 603 g/mol. The number of benzene rings is 7. The van der Waals surface area contributed by atoms with Crippen molar-refractivity contribution in [3.05, 3.63) is 175 Å². The Morgan fingerprint density at radius 1 is 0.447 bits per heavy atom. The zero-order chi connectivity index (χ0) is 31.5. The molecule has 1 aliphatic carbocycles. The molecule has 224 valence electrons. The number of fused-ring (bicyclic) bond motifs is 6. The summed E-state index contributed by atoms with van der Waals surface area (Å²) in [7, 11) is 0. The zero-order valence-corrected chi connectivity index (χ0v) is 26.4. The van der Waals surface area contributed by atoms with Crippen LogP contribution in [0.15, 0.2) is 168 Å². The Bertz CT molecular complexity index is 2420. The molecule has 0 saturated heterocycles. The Hall–Kier alpha value is -5.86. The zero-order valence-electron chi connectivity index (χ0n) is 26.4. The van der Waals surface area contributed by atoms with E-state index in [1.807, 2.05) is 12.1 Å². The number of furan rings is 1. The molecule has 47 heavy (non-hydrogen) atoms. The van der Waals surface area contributed by atoms with Gasteiger partial charge in [-0.3, -0.25) is 0 Å². The minimum atomic E-state index is -0.0924. The number of rotatable bonds is 5. The highest BCUT2D eigenvalue weighted by molar-refractivity contribution is 6.09. The molecule has 0 aliphatic heterocycles. The minimum absolute atomic E-state index is 0.0924. The van der Waals surface area contributed by atoms with Crippen molar-refractivity contribution in [1.29, 1.82) is 0 Å². The highest BCUT2D eigenvalue weighted by atomic mass is 16.3. The molecular formula is C45H33NO. The average Bonchev–Trinajstić information content (AvgIpc) is 3.62. The fourth-order valence-corrected chi connectivity index (χ4v) is 7.58. The number of hydrogen-bond donors (Lipinski definition) is 0. The van der Waals surface area contributed by atoms with Gasteiger partial charge in [0.1, 0.15) is 11.2 Å². The van der Waals surface area contributed by atoms with Crippen LogP contribution in [0.5, 0.6) is 0 Å². The third-order valence-corrected chi connectivity index (χ3v) is 9.88. The fourth-order valence-electron chi connectivity index (χ4n) is 7.58. The molecule has 0 unspecified atom stereocenters. The van der Waals surface area contributed by atoms with Crippen molar-refractivity contribution in [3.8, 4) is 33.4 Å². The summed E-state index contributed by atoms with van der Waals surface area (Å²) in [5.74, 6) is 0. The predicted octanol–water partition coefficient (Wildman–Crippen LogP) is 12.7. The number of hydrogen-bond acceptors (Lipinski definition) is 2. The van der Waals surface area contributed by atoms with Crippen LogP contribution in [0.1, 0.15) is 25.0 Å². The number of anilines is 3. The van der Waals surface area contributed by atoms with Crippen molar-refractivity contribution in [2.75, 3.05) is 4.90 Å². The van der Waals surface area contributed by atoms with Gasteiger partial charge >= 0.3 is 0 Å². The Morgan fingerprint density at radius 3 is 1.87 bits per heavy atom. The third kappa shape index (κ3) is 4.33. The van der Waals surface area contributed by atoms with E-state index in [4.69, 9.17) is 4.42 Å². The molecule has 1 aromatic heterocycles. The third-order valence-electron chi connectivity index (χ3n) is 9.88. The second-order valence-corrected chi connectivity index (χ2v) is 12.9. The smallest absolute Gasteiger partial charge is 0.143 e. The van der Waals surface area contributed by atoms with E-state index in [0.717, 1.165) is 50.1 Å². The van der Waals surface area contributed by atoms with Gasteiger partial charge in [-0.25, -0.2) is 0 Å². The Kier molecular flexibility index (Phi) is 6.20. The molecule has 0 N–H and O–H groups in total. The molecule has 9 rings (SSSR count). The van der Waals surface area contributed by atoms with E-state index in [-0.39, 0.29) is 5.41 Å². The lowest BCUT2D eigenvalue weighted by Gasteiger charge is -2.27. The highest BCUT2D eigenvalue weighted by Gasteiger charge is 2.37. The van der Waals surface area contributed by atoms with E-state index >= 15 is 0 Å². The quantitative estimate of drug-likeness (QED) is 0.195. The van der Waals surface area contributed by atoms with Gasteiger partial charge in [0.25, 0.3) is 0 Å². The second kappa shape index (κ2) is 10.6. The summed E-state index contributed by atoms with van der Waals surface area (Å²) in [6.07, 6.45) is 0. The van der Waals surface area contributed by atoms with Crippen LogP contribution in [0.4, 0.5) is 17.1 Å². The molecule has 2 nitrogen and oxygen atoms in total. The van der Waals surface area contributed by atoms with Gasteiger partial charge in [0.05, 0.1) is 0 Å². The van der Waals surface area contributed by atoms with E-state index in [1.54, 1.807) is 0 Å². The summed E-state index contributed by atoms with van der Waals surface area (Å²) >= 11 is 0. The summed E-state index contributed by atoms with van der Waals surface area (Å²) in [5.41, 5.74) is 15.2. The Balaban J connectivity index is 1.18. The molecule has 0 bridgehead atoms. The van der Waals surface area contributed by atoms with E-state index in [9.17, 15) is 0 Å². The van der Waals surface area contributed by atoms with Gasteiger partial charge < -0.3 is 9.32 Å². The van der Waals surface area contributed by atoms with Crippen LogP contribution in [-0.4, -0.2) is 0 Å². The van der Waals surface area contributed by atoms with Crippen molar-refractivity contribution in [2.45, 2.75) is 19.3 Å². The van der Waals surface area contributed by atoms with Crippen LogP contribution >= 0.6 is 0 Å². The lowest BCUT2D eigenvalue weighted by Crippen LogP contribution is -2.15. The first-order valence-electron chi connectivity index (χ1n) is 16.3. The fraction of sp³-hybridized carbons (Fsp3) is 0.0667. The topological polar surface area (TPSA) is 16.4 Å². The van der Waals surface area contributed by atoms with Gasteiger partial charge in [0.2, 0.25) is 0 Å². The molecule has 1 heterocycles. The van der Waals surface area contributed by atoms with Crippen LogP contribution in [0.3, 0.4) is 0 Å². The van der Waals surface area contributed by atoms with Crippen LogP contribution in [0.2, 0.25) is 0 Å². The first-order chi connectivity index (χ1) is 23.1. The maximum atomic E-state index is 6.37.